The predicted octanol–water partition coefficient (Wildman–Crippen LogP) is 3.82. The minimum Gasteiger partial charge on any atom is -0.496 e. The zero-order valence-corrected chi connectivity index (χ0v) is 11.2. The molecule has 0 bridgehead atoms. The summed E-state index contributed by atoms with van der Waals surface area (Å²) in [6, 6.07) is 11.6. The molecule has 0 aliphatic rings. The lowest BCUT2D eigenvalue weighted by molar-refractivity contribution is -0.139. The van der Waals surface area contributed by atoms with Crippen LogP contribution in [0.15, 0.2) is 36.4 Å². The Labute approximate surface area is 112 Å². The van der Waals surface area contributed by atoms with Gasteiger partial charge in [0.05, 0.1) is 13.0 Å². The van der Waals surface area contributed by atoms with E-state index >= 15 is 0 Å². The third kappa shape index (κ3) is 2.55. The second kappa shape index (κ2) is 5.74. The zero-order chi connectivity index (χ0) is 13.8. The van der Waals surface area contributed by atoms with Gasteiger partial charge in [0.1, 0.15) is 5.75 Å². The predicted molar refractivity (Wildman–Crippen MR) is 75.8 cm³/mol. The van der Waals surface area contributed by atoms with E-state index in [-0.39, 0.29) is 0 Å². The molecule has 1 N–H and O–H groups in total. The number of benzene rings is 2. The quantitative estimate of drug-likeness (QED) is 0.886. The highest BCUT2D eigenvalue weighted by Crippen LogP contribution is 2.36. The fourth-order valence-electron chi connectivity index (χ4n) is 2.49. The first-order chi connectivity index (χ1) is 9.19. The lowest BCUT2D eigenvalue weighted by atomic mass is 9.89. The van der Waals surface area contributed by atoms with Crippen LogP contribution in [-0.2, 0) is 4.79 Å². The van der Waals surface area contributed by atoms with Crippen LogP contribution in [-0.4, -0.2) is 18.2 Å². The van der Waals surface area contributed by atoms with Crippen molar-refractivity contribution in [1.29, 1.82) is 0 Å². The molecule has 0 fully saturated rings. The van der Waals surface area contributed by atoms with E-state index in [1.165, 1.54) is 0 Å². The van der Waals surface area contributed by atoms with Crippen molar-refractivity contribution in [3.05, 3.63) is 42.0 Å². The summed E-state index contributed by atoms with van der Waals surface area (Å²) in [5, 5.41) is 11.5. The third-order valence-corrected chi connectivity index (χ3v) is 3.37. The maximum Gasteiger partial charge on any atom is 0.311 e. The van der Waals surface area contributed by atoms with Crippen LogP contribution in [0.5, 0.6) is 5.75 Å². The summed E-state index contributed by atoms with van der Waals surface area (Å²) in [5.74, 6) is -0.665. The molecule has 0 saturated carbocycles. The van der Waals surface area contributed by atoms with Crippen LogP contribution in [0.4, 0.5) is 0 Å². The summed E-state index contributed by atoms with van der Waals surface area (Å²) >= 11 is 0. The maximum atomic E-state index is 11.5. The summed E-state index contributed by atoms with van der Waals surface area (Å²) in [4.78, 5) is 11.5. The third-order valence-electron chi connectivity index (χ3n) is 3.37. The number of rotatable bonds is 5. The molecule has 1 unspecified atom stereocenters. The number of fused-ring (bicyclic) bond motifs is 1. The van der Waals surface area contributed by atoms with Gasteiger partial charge in [0.25, 0.3) is 0 Å². The molecule has 0 heterocycles. The number of ether oxygens (including phenoxy) is 1. The highest BCUT2D eigenvalue weighted by atomic mass is 16.5. The largest absolute Gasteiger partial charge is 0.496 e. The molecule has 0 amide bonds. The molecule has 0 spiro atoms. The van der Waals surface area contributed by atoms with Gasteiger partial charge in [-0.05, 0) is 23.3 Å². The number of carboxylic acids is 1. The minimum absolute atomic E-state index is 0.522. The molecule has 0 radical (unpaired) electrons. The van der Waals surface area contributed by atoms with Gasteiger partial charge in [-0.15, -0.1) is 0 Å². The second-order valence-corrected chi connectivity index (χ2v) is 4.58. The number of aliphatic carboxylic acids is 1. The fraction of sp³-hybridized carbons (Fsp3) is 0.312. The molecule has 0 aliphatic heterocycles. The molecular weight excluding hydrogens is 240 g/mol. The summed E-state index contributed by atoms with van der Waals surface area (Å²) in [5.41, 5.74) is 0.787. The summed E-state index contributed by atoms with van der Waals surface area (Å²) < 4.78 is 5.37. The Bertz CT molecular complexity index is 590. The van der Waals surface area contributed by atoms with Gasteiger partial charge in [-0.3, -0.25) is 4.79 Å². The molecule has 1 atom stereocenters. The van der Waals surface area contributed by atoms with Crippen molar-refractivity contribution in [1.82, 2.24) is 0 Å². The molecule has 100 valence electrons. The van der Waals surface area contributed by atoms with E-state index in [4.69, 9.17) is 4.74 Å². The van der Waals surface area contributed by atoms with E-state index in [1.807, 2.05) is 43.3 Å². The van der Waals surface area contributed by atoms with Crippen molar-refractivity contribution < 1.29 is 14.6 Å². The van der Waals surface area contributed by atoms with Crippen molar-refractivity contribution in [2.75, 3.05) is 7.11 Å². The van der Waals surface area contributed by atoms with Gasteiger partial charge in [-0.1, -0.05) is 43.7 Å². The van der Waals surface area contributed by atoms with E-state index in [0.717, 1.165) is 22.8 Å². The van der Waals surface area contributed by atoms with Crippen LogP contribution in [0.2, 0.25) is 0 Å². The van der Waals surface area contributed by atoms with Gasteiger partial charge >= 0.3 is 5.97 Å². The first-order valence-corrected chi connectivity index (χ1v) is 6.47. The Kier molecular flexibility index (Phi) is 4.05. The molecule has 2 aromatic carbocycles. The number of carboxylic acid groups (broad SMARTS) is 1. The molecule has 2 rings (SSSR count). The van der Waals surface area contributed by atoms with E-state index in [2.05, 4.69) is 0 Å². The minimum atomic E-state index is -0.795. The summed E-state index contributed by atoms with van der Waals surface area (Å²) in [7, 11) is 1.58. The molecule has 19 heavy (non-hydrogen) atoms. The van der Waals surface area contributed by atoms with Crippen molar-refractivity contribution in [3.8, 4) is 5.75 Å². The molecule has 0 aromatic heterocycles. The Morgan fingerprint density at radius 3 is 2.63 bits per heavy atom. The fourth-order valence-corrected chi connectivity index (χ4v) is 2.49. The van der Waals surface area contributed by atoms with Gasteiger partial charge < -0.3 is 9.84 Å². The highest BCUT2D eigenvalue weighted by molar-refractivity contribution is 5.92. The summed E-state index contributed by atoms with van der Waals surface area (Å²) in [6.45, 7) is 1.99. The normalized spacial score (nSPS) is 12.3. The Morgan fingerprint density at radius 1 is 1.26 bits per heavy atom. The molecule has 0 aliphatic carbocycles. The van der Waals surface area contributed by atoms with Crippen LogP contribution in [0, 0.1) is 0 Å². The first kappa shape index (κ1) is 13.4. The molecule has 0 saturated heterocycles. The number of methoxy groups -OCH3 is 1. The van der Waals surface area contributed by atoms with Gasteiger partial charge in [-0.25, -0.2) is 0 Å². The smallest absolute Gasteiger partial charge is 0.311 e. The van der Waals surface area contributed by atoms with Crippen molar-refractivity contribution >= 4 is 16.7 Å². The summed E-state index contributed by atoms with van der Waals surface area (Å²) in [6.07, 6.45) is 1.43. The average Bonchev–Trinajstić information content (AvgIpc) is 2.43. The number of hydrogen-bond donors (Lipinski definition) is 1. The Morgan fingerprint density at radius 2 is 2.00 bits per heavy atom. The van der Waals surface area contributed by atoms with Crippen LogP contribution in [0.25, 0.3) is 10.8 Å². The lowest BCUT2D eigenvalue weighted by Gasteiger charge is -2.18. The number of hydrogen-bond acceptors (Lipinski definition) is 2. The van der Waals surface area contributed by atoms with Crippen LogP contribution in [0.3, 0.4) is 0 Å². The molecule has 3 heteroatoms. The Balaban J connectivity index is 2.69. The van der Waals surface area contributed by atoms with E-state index in [0.29, 0.717) is 12.2 Å². The molecular formula is C16H18O3. The van der Waals surface area contributed by atoms with E-state index < -0.39 is 11.9 Å². The Hall–Kier alpha value is -2.03. The topological polar surface area (TPSA) is 46.5 Å². The van der Waals surface area contributed by atoms with Crippen molar-refractivity contribution in [3.63, 3.8) is 0 Å². The molecule has 2 aromatic rings. The number of carbonyl (C=O) groups is 1. The van der Waals surface area contributed by atoms with E-state index in [9.17, 15) is 9.90 Å². The van der Waals surface area contributed by atoms with Crippen LogP contribution in [0.1, 0.15) is 31.2 Å². The van der Waals surface area contributed by atoms with Crippen molar-refractivity contribution in [2.24, 2.45) is 0 Å². The van der Waals surface area contributed by atoms with Crippen LogP contribution < -0.4 is 4.74 Å². The average molecular weight is 258 g/mol. The zero-order valence-electron chi connectivity index (χ0n) is 11.2. The first-order valence-electron chi connectivity index (χ1n) is 6.47. The monoisotopic (exact) mass is 258 g/mol. The van der Waals surface area contributed by atoms with Gasteiger partial charge in [0, 0.05) is 5.56 Å². The van der Waals surface area contributed by atoms with Gasteiger partial charge in [-0.2, -0.15) is 0 Å². The highest BCUT2D eigenvalue weighted by Gasteiger charge is 2.24. The standard InChI is InChI=1S/C16H18O3/c1-3-6-13(16(17)18)15-12-8-5-4-7-11(12)9-10-14(15)19-2/h4-5,7-10,13H,3,6H2,1-2H3,(H,17,18). The lowest BCUT2D eigenvalue weighted by Crippen LogP contribution is -2.13. The molecule has 3 nitrogen and oxygen atoms in total. The van der Waals surface area contributed by atoms with Crippen LogP contribution >= 0.6 is 0 Å². The van der Waals surface area contributed by atoms with Gasteiger partial charge in [0.2, 0.25) is 0 Å². The van der Waals surface area contributed by atoms with E-state index in [1.54, 1.807) is 7.11 Å². The van der Waals surface area contributed by atoms with Gasteiger partial charge in [0.15, 0.2) is 0 Å². The maximum absolute atomic E-state index is 11.5. The second-order valence-electron chi connectivity index (χ2n) is 4.58. The SMILES string of the molecule is CCCC(C(=O)O)c1c(OC)ccc2ccccc12. The van der Waals surface area contributed by atoms with Crippen molar-refractivity contribution in [2.45, 2.75) is 25.7 Å².